The van der Waals surface area contributed by atoms with E-state index in [9.17, 15) is 14.0 Å². The highest BCUT2D eigenvalue weighted by Gasteiger charge is 2.34. The minimum absolute atomic E-state index is 0.0708. The molecule has 38 heavy (non-hydrogen) atoms. The molecule has 5 rings (SSSR count). The summed E-state index contributed by atoms with van der Waals surface area (Å²) in [5.41, 5.74) is 3.58. The van der Waals surface area contributed by atoms with Gasteiger partial charge in [0.2, 0.25) is 0 Å². The van der Waals surface area contributed by atoms with E-state index in [1.165, 1.54) is 0 Å². The number of piperidine rings is 1. The number of aromatic nitrogens is 3. The van der Waals surface area contributed by atoms with E-state index in [1.807, 2.05) is 29.8 Å². The van der Waals surface area contributed by atoms with Crippen LogP contribution in [0, 0.1) is 0 Å². The summed E-state index contributed by atoms with van der Waals surface area (Å²) < 4.78 is 24.2. The van der Waals surface area contributed by atoms with E-state index in [1.54, 1.807) is 37.8 Å². The lowest BCUT2D eigenvalue weighted by Crippen LogP contribution is -2.55. The Balaban J connectivity index is 1.40. The van der Waals surface area contributed by atoms with E-state index in [2.05, 4.69) is 35.0 Å². The fourth-order valence-electron chi connectivity index (χ4n) is 5.18. The number of hydrogen-bond donors (Lipinski definition) is 1. The Morgan fingerprint density at radius 3 is 2.63 bits per heavy atom. The van der Waals surface area contributed by atoms with Crippen LogP contribution < -0.4 is 5.32 Å². The lowest BCUT2D eigenvalue weighted by Gasteiger charge is -2.35. The highest BCUT2D eigenvalue weighted by Crippen LogP contribution is 2.30. The largest absolute Gasteiger partial charge is 0.444 e. The number of carbonyl (C=O) groups excluding carboxylic acids is 2. The molecule has 2 atom stereocenters. The number of ether oxygens (including phenoxy) is 1. The van der Waals surface area contributed by atoms with Crippen molar-refractivity contribution in [3.8, 4) is 11.5 Å². The standard InChI is InChI=1S/C29H34FN5O3/c1-6-35-23-10-8-7-9-18(23)16-25(35)26-31-21-15-19(11-12-24(21)33(26)5)27(36)34-14-13-20(30)22(17-34)32-28(37)38-29(2,3)4/h7-12,15-16,20,22H,6,13-14,17H2,1-5H3,(H,32,37)/t20-,22+/m1/s1. The summed E-state index contributed by atoms with van der Waals surface area (Å²) >= 11 is 0. The van der Waals surface area contributed by atoms with Crippen molar-refractivity contribution in [3.63, 3.8) is 0 Å². The van der Waals surface area contributed by atoms with Crippen LogP contribution >= 0.6 is 0 Å². The fourth-order valence-corrected chi connectivity index (χ4v) is 5.18. The predicted molar refractivity (Wildman–Crippen MR) is 146 cm³/mol. The first-order valence-electron chi connectivity index (χ1n) is 13.0. The molecule has 200 valence electrons. The van der Waals surface area contributed by atoms with Crippen LogP contribution in [0.15, 0.2) is 48.5 Å². The third-order valence-electron chi connectivity index (χ3n) is 7.00. The minimum atomic E-state index is -1.25. The van der Waals surface area contributed by atoms with E-state index in [4.69, 9.17) is 9.72 Å². The van der Waals surface area contributed by atoms with Crippen molar-refractivity contribution in [3.05, 3.63) is 54.1 Å². The third-order valence-corrected chi connectivity index (χ3v) is 7.00. The summed E-state index contributed by atoms with van der Waals surface area (Å²) in [5, 5.41) is 3.74. The van der Waals surface area contributed by atoms with Crippen LogP contribution in [-0.4, -0.2) is 61.9 Å². The Labute approximate surface area is 221 Å². The van der Waals surface area contributed by atoms with Crippen LogP contribution in [0.5, 0.6) is 0 Å². The number of alkyl halides is 1. The summed E-state index contributed by atoms with van der Waals surface area (Å²) in [6, 6.07) is 15.0. The Kier molecular flexibility index (Phi) is 6.63. The van der Waals surface area contributed by atoms with E-state index in [0.717, 1.165) is 34.5 Å². The van der Waals surface area contributed by atoms with Crippen LogP contribution in [0.25, 0.3) is 33.5 Å². The lowest BCUT2D eigenvalue weighted by molar-refractivity contribution is 0.0366. The maximum atomic E-state index is 14.6. The monoisotopic (exact) mass is 519 g/mol. The molecule has 1 fully saturated rings. The van der Waals surface area contributed by atoms with Crippen LogP contribution in [0.1, 0.15) is 44.5 Å². The smallest absolute Gasteiger partial charge is 0.408 e. The molecule has 0 bridgehead atoms. The molecule has 1 saturated heterocycles. The SMILES string of the molecule is CCn1c(-c2nc3cc(C(=O)N4CC[C@@H](F)[C@@H](NC(=O)OC(C)(C)C)C4)ccc3n2C)cc2ccccc21. The van der Waals surface area contributed by atoms with Gasteiger partial charge in [0.25, 0.3) is 5.91 Å². The normalized spacial score (nSPS) is 18.2. The molecular formula is C29H34FN5O3. The van der Waals surface area contributed by atoms with Crippen molar-refractivity contribution in [2.45, 2.75) is 58.5 Å². The van der Waals surface area contributed by atoms with Gasteiger partial charge in [-0.25, -0.2) is 14.2 Å². The average molecular weight is 520 g/mol. The summed E-state index contributed by atoms with van der Waals surface area (Å²) in [7, 11) is 1.97. The van der Waals surface area contributed by atoms with Gasteiger partial charge in [0, 0.05) is 43.1 Å². The van der Waals surface area contributed by atoms with Crippen LogP contribution in [-0.2, 0) is 18.3 Å². The van der Waals surface area contributed by atoms with Crippen molar-refractivity contribution in [2.24, 2.45) is 7.05 Å². The number of halogens is 1. The molecule has 2 aromatic heterocycles. The third kappa shape index (κ3) is 4.85. The Bertz CT molecular complexity index is 1520. The Hall–Kier alpha value is -3.88. The minimum Gasteiger partial charge on any atom is -0.444 e. The molecular weight excluding hydrogens is 485 g/mol. The lowest BCUT2D eigenvalue weighted by atomic mass is 10.0. The number of rotatable bonds is 4. The zero-order valence-corrected chi connectivity index (χ0v) is 22.5. The zero-order chi connectivity index (χ0) is 27.2. The molecule has 2 amide bonds. The van der Waals surface area contributed by atoms with Crippen LogP contribution in [0.2, 0.25) is 0 Å². The Morgan fingerprint density at radius 1 is 1.13 bits per heavy atom. The molecule has 2 aromatic carbocycles. The van der Waals surface area contributed by atoms with Gasteiger partial charge in [0.1, 0.15) is 11.8 Å². The van der Waals surface area contributed by atoms with Gasteiger partial charge in [-0.3, -0.25) is 4.79 Å². The van der Waals surface area contributed by atoms with Crippen molar-refractivity contribution in [2.75, 3.05) is 13.1 Å². The van der Waals surface area contributed by atoms with Crippen molar-refractivity contribution in [1.82, 2.24) is 24.3 Å². The molecule has 3 heterocycles. The number of nitrogens with zero attached hydrogens (tertiary/aromatic N) is 4. The summed E-state index contributed by atoms with van der Waals surface area (Å²) in [6.07, 6.45) is -1.80. The molecule has 8 nitrogen and oxygen atoms in total. The summed E-state index contributed by atoms with van der Waals surface area (Å²) in [5.74, 6) is 0.604. The second-order valence-corrected chi connectivity index (χ2v) is 10.8. The number of para-hydroxylation sites is 1. The average Bonchev–Trinajstić information content (AvgIpc) is 3.40. The Morgan fingerprint density at radius 2 is 1.89 bits per heavy atom. The molecule has 1 aliphatic rings. The van der Waals surface area contributed by atoms with E-state index in [-0.39, 0.29) is 25.4 Å². The number of likely N-dealkylation sites (tertiary alicyclic amines) is 1. The summed E-state index contributed by atoms with van der Waals surface area (Å²) in [6.45, 7) is 8.50. The van der Waals surface area contributed by atoms with Crippen molar-refractivity contribution in [1.29, 1.82) is 0 Å². The van der Waals surface area contributed by atoms with E-state index in [0.29, 0.717) is 11.1 Å². The zero-order valence-electron chi connectivity index (χ0n) is 22.5. The molecule has 0 radical (unpaired) electrons. The highest BCUT2D eigenvalue weighted by molar-refractivity contribution is 5.98. The maximum Gasteiger partial charge on any atom is 0.408 e. The molecule has 1 N–H and O–H groups in total. The number of hydrogen-bond acceptors (Lipinski definition) is 4. The quantitative estimate of drug-likeness (QED) is 0.397. The second-order valence-electron chi connectivity index (χ2n) is 10.8. The number of nitrogens with one attached hydrogen (secondary N) is 1. The number of fused-ring (bicyclic) bond motifs is 2. The molecule has 4 aromatic rings. The van der Waals surface area contributed by atoms with E-state index >= 15 is 0 Å². The van der Waals surface area contributed by atoms with E-state index < -0.39 is 23.9 Å². The number of imidazole rings is 1. The molecule has 0 saturated carbocycles. The number of benzene rings is 2. The maximum absolute atomic E-state index is 14.6. The van der Waals surface area contributed by atoms with Gasteiger partial charge in [-0.2, -0.15) is 0 Å². The number of carbonyl (C=O) groups is 2. The number of alkyl carbamates (subject to hydrolysis) is 1. The molecule has 0 spiro atoms. The van der Waals surface area contributed by atoms with Crippen molar-refractivity contribution < 1.29 is 18.7 Å². The van der Waals surface area contributed by atoms with Gasteiger partial charge in [-0.05, 0) is 64.4 Å². The molecule has 0 aliphatic carbocycles. The first kappa shape index (κ1) is 25.8. The van der Waals surface area contributed by atoms with Gasteiger partial charge in [-0.1, -0.05) is 18.2 Å². The van der Waals surface area contributed by atoms with Gasteiger partial charge in [0.15, 0.2) is 5.82 Å². The predicted octanol–water partition coefficient (Wildman–Crippen LogP) is 5.29. The van der Waals surface area contributed by atoms with Gasteiger partial charge in [-0.15, -0.1) is 0 Å². The molecule has 0 unspecified atom stereocenters. The number of aryl methyl sites for hydroxylation is 2. The van der Waals surface area contributed by atoms with Crippen LogP contribution in [0.4, 0.5) is 9.18 Å². The first-order chi connectivity index (χ1) is 18.1. The number of amides is 2. The van der Waals surface area contributed by atoms with Gasteiger partial charge >= 0.3 is 6.09 Å². The fraction of sp³-hybridized carbons (Fsp3) is 0.414. The molecule has 9 heteroatoms. The molecule has 1 aliphatic heterocycles. The van der Waals surface area contributed by atoms with Crippen LogP contribution in [0.3, 0.4) is 0 Å². The first-order valence-corrected chi connectivity index (χ1v) is 13.0. The summed E-state index contributed by atoms with van der Waals surface area (Å²) in [4.78, 5) is 32.1. The van der Waals surface area contributed by atoms with Gasteiger partial charge < -0.3 is 24.1 Å². The second kappa shape index (κ2) is 9.78. The highest BCUT2D eigenvalue weighted by atomic mass is 19.1. The van der Waals surface area contributed by atoms with Crippen molar-refractivity contribution >= 4 is 33.9 Å². The van der Waals surface area contributed by atoms with Gasteiger partial charge in [0.05, 0.1) is 22.8 Å². The topological polar surface area (TPSA) is 81.4 Å².